The number of non-ortho nitro benzene ring substituents is 1. The average molecular weight is 261 g/mol. The highest BCUT2D eigenvalue weighted by Crippen LogP contribution is 2.21. The Morgan fingerprint density at radius 1 is 1.42 bits per heavy atom. The maximum Gasteiger partial charge on any atom is 0.270 e. The molecule has 19 heavy (non-hydrogen) atoms. The highest BCUT2D eigenvalue weighted by molar-refractivity contribution is 5.82. The van der Waals surface area contributed by atoms with E-state index in [1.807, 2.05) is 0 Å². The molecule has 0 amide bonds. The number of nitrogens with one attached hydrogen (secondary N) is 1. The van der Waals surface area contributed by atoms with E-state index in [0.717, 1.165) is 5.39 Å². The van der Waals surface area contributed by atoms with Gasteiger partial charge in [-0.15, -0.1) is 0 Å². The van der Waals surface area contributed by atoms with Crippen LogP contribution in [0, 0.1) is 10.1 Å². The number of aliphatic hydroxyl groups is 1. The highest BCUT2D eigenvalue weighted by atomic mass is 16.6. The van der Waals surface area contributed by atoms with Gasteiger partial charge in [0.1, 0.15) is 5.82 Å². The van der Waals surface area contributed by atoms with Gasteiger partial charge in [-0.05, 0) is 31.5 Å². The summed E-state index contributed by atoms with van der Waals surface area (Å²) in [5, 5.41) is 23.7. The van der Waals surface area contributed by atoms with Crippen LogP contribution in [0.2, 0.25) is 0 Å². The number of aromatic nitrogens is 1. The van der Waals surface area contributed by atoms with Gasteiger partial charge in [-0.1, -0.05) is 0 Å². The Labute approximate surface area is 110 Å². The normalized spacial score (nSPS) is 12.3. The Morgan fingerprint density at radius 3 is 2.89 bits per heavy atom. The van der Waals surface area contributed by atoms with Crippen molar-refractivity contribution in [3.05, 3.63) is 40.4 Å². The van der Waals surface area contributed by atoms with Crippen LogP contribution < -0.4 is 5.32 Å². The number of hydrogen-bond donors (Lipinski definition) is 2. The second kappa shape index (κ2) is 5.62. The van der Waals surface area contributed by atoms with E-state index in [0.29, 0.717) is 24.3 Å². The maximum atomic E-state index is 10.7. The maximum absolute atomic E-state index is 10.7. The summed E-state index contributed by atoms with van der Waals surface area (Å²) in [6, 6.07) is 8.14. The molecule has 1 unspecified atom stereocenters. The van der Waals surface area contributed by atoms with E-state index in [-0.39, 0.29) is 11.8 Å². The lowest BCUT2D eigenvalue weighted by molar-refractivity contribution is -0.384. The average Bonchev–Trinajstić information content (AvgIpc) is 2.37. The van der Waals surface area contributed by atoms with Crippen LogP contribution >= 0.6 is 0 Å². The first-order valence-electron chi connectivity index (χ1n) is 6.03. The summed E-state index contributed by atoms with van der Waals surface area (Å²) in [7, 11) is 0. The van der Waals surface area contributed by atoms with E-state index in [1.165, 1.54) is 12.1 Å². The first-order chi connectivity index (χ1) is 9.06. The number of anilines is 1. The molecular formula is C13H15N3O3. The lowest BCUT2D eigenvalue weighted by atomic mass is 10.2. The Hall–Kier alpha value is -2.21. The Kier molecular flexibility index (Phi) is 3.91. The van der Waals surface area contributed by atoms with Crippen LogP contribution in [-0.4, -0.2) is 27.7 Å². The van der Waals surface area contributed by atoms with E-state index in [1.54, 1.807) is 25.1 Å². The number of nitro benzene ring substituents is 1. The third-order valence-electron chi connectivity index (χ3n) is 2.75. The molecule has 2 N–H and O–H groups in total. The SMILES string of the molecule is CC(O)CCNc1ccc2cc([N+](=O)[O-])ccc2n1. The van der Waals surface area contributed by atoms with Gasteiger partial charge in [0, 0.05) is 24.1 Å². The third kappa shape index (κ3) is 3.38. The van der Waals surface area contributed by atoms with Crippen molar-refractivity contribution in [1.82, 2.24) is 4.98 Å². The van der Waals surface area contributed by atoms with Gasteiger partial charge in [-0.25, -0.2) is 4.98 Å². The predicted molar refractivity (Wildman–Crippen MR) is 73.2 cm³/mol. The Bertz CT molecular complexity index is 599. The van der Waals surface area contributed by atoms with Crippen molar-refractivity contribution in [3.63, 3.8) is 0 Å². The summed E-state index contributed by atoms with van der Waals surface area (Å²) in [4.78, 5) is 14.6. The summed E-state index contributed by atoms with van der Waals surface area (Å²) in [5.41, 5.74) is 0.761. The minimum Gasteiger partial charge on any atom is -0.393 e. The second-order valence-electron chi connectivity index (χ2n) is 4.40. The molecule has 100 valence electrons. The number of fused-ring (bicyclic) bond motifs is 1. The van der Waals surface area contributed by atoms with Crippen LogP contribution in [0.25, 0.3) is 10.9 Å². The number of aliphatic hydroxyl groups excluding tert-OH is 1. The fraction of sp³-hybridized carbons (Fsp3) is 0.308. The third-order valence-corrected chi connectivity index (χ3v) is 2.75. The summed E-state index contributed by atoms with van der Waals surface area (Å²) in [5.74, 6) is 0.696. The molecule has 0 bridgehead atoms. The fourth-order valence-electron chi connectivity index (χ4n) is 1.73. The van der Waals surface area contributed by atoms with E-state index >= 15 is 0 Å². The molecule has 1 aromatic carbocycles. The molecule has 0 saturated heterocycles. The molecule has 1 heterocycles. The van der Waals surface area contributed by atoms with Gasteiger partial charge in [0.15, 0.2) is 0 Å². The molecule has 1 atom stereocenters. The summed E-state index contributed by atoms with van der Waals surface area (Å²) >= 11 is 0. The van der Waals surface area contributed by atoms with Crippen LogP contribution in [0.3, 0.4) is 0 Å². The van der Waals surface area contributed by atoms with Crippen LogP contribution in [0.5, 0.6) is 0 Å². The van der Waals surface area contributed by atoms with Crippen LogP contribution in [0.1, 0.15) is 13.3 Å². The molecule has 0 fully saturated rings. The highest BCUT2D eigenvalue weighted by Gasteiger charge is 2.07. The molecule has 0 aliphatic carbocycles. The zero-order valence-corrected chi connectivity index (χ0v) is 10.5. The van der Waals surface area contributed by atoms with Crippen molar-refractivity contribution in [2.75, 3.05) is 11.9 Å². The van der Waals surface area contributed by atoms with Crippen LogP contribution in [0.4, 0.5) is 11.5 Å². The molecule has 6 heteroatoms. The topological polar surface area (TPSA) is 88.3 Å². The molecule has 6 nitrogen and oxygen atoms in total. The van der Waals surface area contributed by atoms with Crippen molar-refractivity contribution < 1.29 is 10.0 Å². The van der Waals surface area contributed by atoms with Gasteiger partial charge in [-0.2, -0.15) is 0 Å². The Balaban J connectivity index is 2.17. The van der Waals surface area contributed by atoms with Gasteiger partial charge in [-0.3, -0.25) is 10.1 Å². The molecule has 2 rings (SSSR count). The Morgan fingerprint density at radius 2 is 2.21 bits per heavy atom. The van der Waals surface area contributed by atoms with Gasteiger partial charge in [0.05, 0.1) is 16.5 Å². The number of hydrogen-bond acceptors (Lipinski definition) is 5. The summed E-state index contributed by atoms with van der Waals surface area (Å²) in [6.45, 7) is 2.36. The number of pyridine rings is 1. The van der Waals surface area contributed by atoms with E-state index in [2.05, 4.69) is 10.3 Å². The number of benzene rings is 1. The van der Waals surface area contributed by atoms with Crippen molar-refractivity contribution in [1.29, 1.82) is 0 Å². The monoisotopic (exact) mass is 261 g/mol. The molecule has 0 saturated carbocycles. The number of nitrogens with zero attached hydrogens (tertiary/aromatic N) is 2. The minimum absolute atomic E-state index is 0.0594. The summed E-state index contributed by atoms with van der Waals surface area (Å²) in [6.07, 6.45) is 0.288. The van der Waals surface area contributed by atoms with Crippen LogP contribution in [-0.2, 0) is 0 Å². The minimum atomic E-state index is -0.422. The lowest BCUT2D eigenvalue weighted by Gasteiger charge is -2.07. The van der Waals surface area contributed by atoms with Gasteiger partial charge >= 0.3 is 0 Å². The largest absolute Gasteiger partial charge is 0.393 e. The van der Waals surface area contributed by atoms with Gasteiger partial charge in [0.25, 0.3) is 5.69 Å². The molecular weight excluding hydrogens is 246 g/mol. The molecule has 0 aliphatic heterocycles. The molecule has 0 radical (unpaired) electrons. The molecule has 1 aromatic heterocycles. The first kappa shape index (κ1) is 13.2. The summed E-state index contributed by atoms with van der Waals surface area (Å²) < 4.78 is 0. The smallest absolute Gasteiger partial charge is 0.270 e. The van der Waals surface area contributed by atoms with E-state index in [4.69, 9.17) is 5.11 Å². The van der Waals surface area contributed by atoms with Gasteiger partial charge < -0.3 is 10.4 Å². The van der Waals surface area contributed by atoms with E-state index < -0.39 is 4.92 Å². The first-order valence-corrected chi connectivity index (χ1v) is 6.03. The van der Waals surface area contributed by atoms with Crippen molar-refractivity contribution >= 4 is 22.4 Å². The van der Waals surface area contributed by atoms with Crippen molar-refractivity contribution in [2.45, 2.75) is 19.4 Å². The quantitative estimate of drug-likeness (QED) is 0.637. The number of rotatable bonds is 5. The molecule has 0 spiro atoms. The van der Waals surface area contributed by atoms with Gasteiger partial charge in [0.2, 0.25) is 0 Å². The fourth-order valence-corrected chi connectivity index (χ4v) is 1.73. The standard InChI is InChI=1S/C13H15N3O3/c1-9(17)6-7-14-13-5-2-10-8-11(16(18)19)3-4-12(10)15-13/h2-5,8-9,17H,6-7H2,1H3,(H,14,15). The number of nitro groups is 1. The molecule has 2 aromatic rings. The van der Waals surface area contributed by atoms with Crippen LogP contribution in [0.15, 0.2) is 30.3 Å². The lowest BCUT2D eigenvalue weighted by Crippen LogP contribution is -2.10. The molecule has 0 aliphatic rings. The predicted octanol–water partition coefficient (Wildman–Crippen LogP) is 2.33. The van der Waals surface area contributed by atoms with Crippen molar-refractivity contribution in [3.8, 4) is 0 Å². The zero-order valence-electron chi connectivity index (χ0n) is 10.5. The van der Waals surface area contributed by atoms with Crippen molar-refractivity contribution in [2.24, 2.45) is 0 Å². The second-order valence-corrected chi connectivity index (χ2v) is 4.40. The van der Waals surface area contributed by atoms with E-state index in [9.17, 15) is 10.1 Å². The zero-order chi connectivity index (χ0) is 13.8.